The molecule has 0 spiro atoms. The highest BCUT2D eigenvalue weighted by Gasteiger charge is 2.27. The molecule has 1 aliphatic rings. The average Bonchev–Trinajstić information content (AvgIpc) is 3.48. The van der Waals surface area contributed by atoms with Crippen LogP contribution in [0.25, 0.3) is 5.65 Å². The van der Waals surface area contributed by atoms with Crippen LogP contribution in [0.2, 0.25) is 5.02 Å². The molecule has 1 fully saturated rings. The van der Waals surface area contributed by atoms with Crippen LogP contribution in [0.4, 0.5) is 4.79 Å². The Kier molecular flexibility index (Phi) is 8.33. The minimum absolute atomic E-state index is 0.0410. The second-order valence-electron chi connectivity index (χ2n) is 9.92. The molecule has 0 radical (unpaired) electrons. The Morgan fingerprint density at radius 3 is 2.59 bits per heavy atom. The summed E-state index contributed by atoms with van der Waals surface area (Å²) in [5, 5.41) is 15.7. The fourth-order valence-corrected chi connectivity index (χ4v) is 4.90. The summed E-state index contributed by atoms with van der Waals surface area (Å²) in [5.41, 5.74) is 2.67. The lowest BCUT2D eigenvalue weighted by molar-refractivity contribution is -0.121. The smallest absolute Gasteiger partial charge is 0.407 e. The molecule has 9 nitrogen and oxygen atoms in total. The van der Waals surface area contributed by atoms with Gasteiger partial charge in [0, 0.05) is 42.8 Å². The van der Waals surface area contributed by atoms with Crippen molar-refractivity contribution in [3.63, 3.8) is 0 Å². The molecule has 37 heavy (non-hydrogen) atoms. The quantitative estimate of drug-likeness (QED) is 0.391. The van der Waals surface area contributed by atoms with Crippen molar-refractivity contribution in [2.24, 2.45) is 5.92 Å². The van der Waals surface area contributed by atoms with Crippen molar-refractivity contribution in [1.29, 1.82) is 0 Å². The molecule has 0 saturated carbocycles. The highest BCUT2D eigenvalue weighted by molar-refractivity contribution is 6.30. The van der Waals surface area contributed by atoms with Crippen LogP contribution in [0.3, 0.4) is 0 Å². The number of carboxylic acid groups (broad SMARTS) is 1. The van der Waals surface area contributed by atoms with Crippen molar-refractivity contribution < 1.29 is 19.5 Å². The third-order valence-corrected chi connectivity index (χ3v) is 6.80. The van der Waals surface area contributed by atoms with Gasteiger partial charge in [0.1, 0.15) is 11.3 Å². The zero-order valence-corrected chi connectivity index (χ0v) is 21.7. The lowest BCUT2D eigenvalue weighted by Gasteiger charge is -2.20. The Hall–Kier alpha value is -3.59. The summed E-state index contributed by atoms with van der Waals surface area (Å²) in [6, 6.07) is 12.8. The first-order chi connectivity index (χ1) is 17.7. The van der Waals surface area contributed by atoms with Crippen molar-refractivity contribution in [2.45, 2.75) is 45.1 Å². The first kappa shape index (κ1) is 26.5. The van der Waals surface area contributed by atoms with Crippen molar-refractivity contribution in [1.82, 2.24) is 24.9 Å². The molecular weight excluding hydrogens is 494 g/mol. The van der Waals surface area contributed by atoms with E-state index in [9.17, 15) is 14.4 Å². The monoisotopic (exact) mass is 525 g/mol. The number of hydrogen-bond acceptors (Lipinski definition) is 4. The van der Waals surface area contributed by atoms with Gasteiger partial charge in [0.25, 0.3) is 5.91 Å². The lowest BCUT2D eigenvalue weighted by Crippen LogP contribution is -2.38. The summed E-state index contributed by atoms with van der Waals surface area (Å²) in [6.07, 6.45) is 2.27. The van der Waals surface area contributed by atoms with Gasteiger partial charge in [0.15, 0.2) is 0 Å². The summed E-state index contributed by atoms with van der Waals surface area (Å²) < 4.78 is 1.69. The number of fused-ring (bicyclic) bond motifs is 1. The molecule has 3 aromatic rings. The van der Waals surface area contributed by atoms with Gasteiger partial charge in [-0.05, 0) is 48.6 Å². The molecule has 10 heteroatoms. The standard InChI is InChI=1S/C27H32ClN5O4/c1-17(2)12-19(18-6-8-20(28)9-7-18)14-29-26(35)23-4-3-5-24-30-22(16-33(23)24)13-25(34)31-21-10-11-32(15-21)27(36)37/h3-9,16-17,19,21H,10-15H2,1-2H3,(H,29,35)(H,31,34)(H,36,37). The number of carbonyl (C=O) groups is 3. The van der Waals surface area contributed by atoms with Crippen molar-refractivity contribution in [2.75, 3.05) is 19.6 Å². The molecule has 3 amide bonds. The molecule has 196 valence electrons. The second kappa shape index (κ2) is 11.6. The number of carbonyl (C=O) groups excluding carboxylic acids is 2. The fraction of sp³-hybridized carbons (Fsp3) is 0.407. The van der Waals surface area contributed by atoms with E-state index >= 15 is 0 Å². The van der Waals surface area contributed by atoms with Gasteiger partial charge in [-0.2, -0.15) is 0 Å². The summed E-state index contributed by atoms with van der Waals surface area (Å²) in [5.74, 6) is 0.155. The maximum atomic E-state index is 13.2. The first-order valence-corrected chi connectivity index (χ1v) is 12.8. The number of amides is 3. The van der Waals surface area contributed by atoms with E-state index in [1.165, 1.54) is 4.90 Å². The molecule has 2 atom stereocenters. The van der Waals surface area contributed by atoms with E-state index in [4.69, 9.17) is 16.7 Å². The molecular formula is C27H32ClN5O4. The van der Waals surface area contributed by atoms with Crippen LogP contribution >= 0.6 is 11.6 Å². The van der Waals surface area contributed by atoms with Crippen LogP contribution in [-0.2, 0) is 11.2 Å². The molecule has 2 unspecified atom stereocenters. The van der Waals surface area contributed by atoms with E-state index in [1.807, 2.05) is 24.3 Å². The van der Waals surface area contributed by atoms with Crippen molar-refractivity contribution in [3.8, 4) is 0 Å². The summed E-state index contributed by atoms with van der Waals surface area (Å²) in [4.78, 5) is 42.6. The third kappa shape index (κ3) is 6.80. The number of rotatable bonds is 9. The first-order valence-electron chi connectivity index (χ1n) is 12.5. The molecule has 3 N–H and O–H groups in total. The number of hydrogen-bond donors (Lipinski definition) is 3. The number of imidazole rings is 1. The number of aromatic nitrogens is 2. The number of nitrogens with one attached hydrogen (secondary N) is 2. The van der Waals surface area contributed by atoms with Gasteiger partial charge in [-0.1, -0.05) is 43.6 Å². The minimum Gasteiger partial charge on any atom is -0.465 e. The Morgan fingerprint density at radius 2 is 1.92 bits per heavy atom. The highest BCUT2D eigenvalue weighted by Crippen LogP contribution is 2.25. The van der Waals surface area contributed by atoms with Gasteiger partial charge >= 0.3 is 6.09 Å². The van der Waals surface area contributed by atoms with Gasteiger partial charge in [-0.15, -0.1) is 0 Å². The number of benzene rings is 1. The predicted octanol–water partition coefficient (Wildman–Crippen LogP) is 3.96. The number of likely N-dealkylation sites (tertiary alicyclic amines) is 1. The zero-order valence-electron chi connectivity index (χ0n) is 21.0. The van der Waals surface area contributed by atoms with E-state index in [0.717, 1.165) is 12.0 Å². The van der Waals surface area contributed by atoms with Crippen molar-refractivity contribution >= 4 is 35.2 Å². The van der Waals surface area contributed by atoms with Gasteiger partial charge < -0.3 is 20.6 Å². The Morgan fingerprint density at radius 1 is 1.16 bits per heavy atom. The van der Waals surface area contributed by atoms with Crippen LogP contribution in [-0.4, -0.2) is 63.0 Å². The maximum absolute atomic E-state index is 13.2. The maximum Gasteiger partial charge on any atom is 0.407 e. The van der Waals surface area contributed by atoms with Crippen molar-refractivity contribution in [3.05, 3.63) is 70.6 Å². The molecule has 1 aromatic carbocycles. The Labute approximate surface area is 220 Å². The molecule has 4 rings (SSSR count). The molecule has 1 aliphatic heterocycles. The normalized spacial score (nSPS) is 16.2. The van der Waals surface area contributed by atoms with Gasteiger partial charge in [0.2, 0.25) is 5.91 Å². The van der Waals surface area contributed by atoms with Gasteiger partial charge in [0.05, 0.1) is 12.1 Å². The number of nitrogens with zero attached hydrogens (tertiary/aromatic N) is 3. The van der Waals surface area contributed by atoms with Crippen LogP contribution in [0, 0.1) is 5.92 Å². The molecule has 1 saturated heterocycles. The van der Waals surface area contributed by atoms with Crippen LogP contribution in [0.1, 0.15) is 54.4 Å². The summed E-state index contributed by atoms with van der Waals surface area (Å²) in [7, 11) is 0. The second-order valence-corrected chi connectivity index (χ2v) is 10.4. The van der Waals surface area contributed by atoms with E-state index < -0.39 is 6.09 Å². The molecule has 3 heterocycles. The van der Waals surface area contributed by atoms with Crippen LogP contribution < -0.4 is 10.6 Å². The predicted molar refractivity (Wildman–Crippen MR) is 141 cm³/mol. The van der Waals surface area contributed by atoms with E-state index in [0.29, 0.717) is 47.5 Å². The third-order valence-electron chi connectivity index (χ3n) is 6.55. The summed E-state index contributed by atoms with van der Waals surface area (Å²) in [6.45, 7) is 5.48. The van der Waals surface area contributed by atoms with Gasteiger partial charge in [-0.25, -0.2) is 9.78 Å². The molecule has 0 bridgehead atoms. The van der Waals surface area contributed by atoms with E-state index in [-0.39, 0.29) is 36.7 Å². The van der Waals surface area contributed by atoms with Crippen LogP contribution in [0.5, 0.6) is 0 Å². The number of pyridine rings is 1. The minimum atomic E-state index is -0.980. The SMILES string of the molecule is CC(C)CC(CNC(=O)c1cccc2nc(CC(=O)NC3CCN(C(=O)O)C3)cn12)c1ccc(Cl)cc1. The lowest BCUT2D eigenvalue weighted by atomic mass is 9.90. The van der Waals surface area contributed by atoms with E-state index in [2.05, 4.69) is 29.5 Å². The van der Waals surface area contributed by atoms with E-state index in [1.54, 1.807) is 28.8 Å². The Balaban J connectivity index is 1.41. The zero-order chi connectivity index (χ0) is 26.5. The number of halogens is 1. The highest BCUT2D eigenvalue weighted by atomic mass is 35.5. The largest absolute Gasteiger partial charge is 0.465 e. The van der Waals surface area contributed by atoms with Gasteiger partial charge in [-0.3, -0.25) is 14.0 Å². The fourth-order valence-electron chi connectivity index (χ4n) is 4.77. The van der Waals surface area contributed by atoms with Crippen LogP contribution in [0.15, 0.2) is 48.7 Å². The average molecular weight is 526 g/mol. The molecule has 0 aliphatic carbocycles. The topological polar surface area (TPSA) is 116 Å². The Bertz CT molecular complexity index is 1270. The summed E-state index contributed by atoms with van der Waals surface area (Å²) >= 11 is 6.05. The molecule has 2 aromatic heterocycles.